The van der Waals surface area contributed by atoms with Gasteiger partial charge in [-0.3, -0.25) is 29.8 Å². The zero-order chi connectivity index (χ0) is 22.0. The lowest BCUT2D eigenvalue weighted by Gasteiger charge is -2.24. The summed E-state index contributed by atoms with van der Waals surface area (Å²) < 4.78 is 0. The van der Waals surface area contributed by atoms with Gasteiger partial charge in [0.25, 0.3) is 23.1 Å². The van der Waals surface area contributed by atoms with E-state index in [1.807, 2.05) is 0 Å². The number of hydrogen-bond donors (Lipinski definition) is 2. The van der Waals surface area contributed by atoms with Gasteiger partial charge in [-0.15, -0.1) is 0 Å². The number of aliphatic hydroxyl groups is 2. The van der Waals surface area contributed by atoms with Gasteiger partial charge in [0.1, 0.15) is 5.76 Å². The minimum atomic E-state index is -1.09. The Morgan fingerprint density at radius 2 is 1.43 bits per heavy atom. The van der Waals surface area contributed by atoms with E-state index in [0.717, 1.165) is 17.0 Å². The van der Waals surface area contributed by atoms with E-state index < -0.39 is 39.9 Å². The summed E-state index contributed by atoms with van der Waals surface area (Å²) in [5.74, 6) is -2.49. The number of hydrogen-bond acceptors (Lipinski definition) is 8. The van der Waals surface area contributed by atoms with Gasteiger partial charge in [-0.05, 0) is 29.8 Å². The van der Waals surface area contributed by atoms with E-state index in [1.54, 1.807) is 0 Å². The van der Waals surface area contributed by atoms with Crippen molar-refractivity contribution in [2.45, 2.75) is 6.04 Å². The van der Waals surface area contributed by atoms with E-state index in [4.69, 9.17) is 0 Å². The first kappa shape index (κ1) is 20.6. The Kier molecular flexibility index (Phi) is 5.56. The third-order valence-electron chi connectivity index (χ3n) is 4.65. The van der Waals surface area contributed by atoms with Crippen molar-refractivity contribution < 1.29 is 29.6 Å². The average molecular weight is 413 g/mol. The molecule has 0 aromatic heterocycles. The summed E-state index contributed by atoms with van der Waals surface area (Å²) in [7, 11) is 0. The summed E-state index contributed by atoms with van der Waals surface area (Å²) >= 11 is 0. The Hall–Kier alpha value is -4.12. The van der Waals surface area contributed by atoms with Crippen LogP contribution in [0.4, 0.5) is 11.4 Å². The predicted molar refractivity (Wildman–Crippen MR) is 102 cm³/mol. The van der Waals surface area contributed by atoms with Crippen LogP contribution in [-0.2, 0) is 9.59 Å². The number of nitro benzene ring substituents is 2. The van der Waals surface area contributed by atoms with Gasteiger partial charge in [-0.2, -0.15) is 0 Å². The molecule has 1 aliphatic heterocycles. The SMILES string of the molecule is O=C1C(=O)N(CCO)[C@@H](c2ccc([N+](=O)[O-])cc2)C1=C(O)c1ccc([N+](=O)[O-])cc1. The molecule has 1 atom stereocenters. The highest BCUT2D eigenvalue weighted by molar-refractivity contribution is 6.46. The minimum Gasteiger partial charge on any atom is -0.507 e. The van der Waals surface area contributed by atoms with Crippen molar-refractivity contribution in [3.63, 3.8) is 0 Å². The normalized spacial score (nSPS) is 17.9. The largest absolute Gasteiger partial charge is 0.507 e. The highest BCUT2D eigenvalue weighted by Gasteiger charge is 2.45. The fourth-order valence-corrected chi connectivity index (χ4v) is 3.24. The number of rotatable bonds is 6. The van der Waals surface area contributed by atoms with Gasteiger partial charge in [0.2, 0.25) is 0 Å². The summed E-state index contributed by atoms with van der Waals surface area (Å²) in [4.78, 5) is 46.6. The summed E-state index contributed by atoms with van der Waals surface area (Å²) in [5.41, 5.74) is -0.310. The summed E-state index contributed by atoms with van der Waals surface area (Å²) in [6.45, 7) is -0.655. The van der Waals surface area contributed by atoms with Crippen molar-refractivity contribution in [1.82, 2.24) is 4.90 Å². The molecule has 1 aliphatic rings. The van der Waals surface area contributed by atoms with Crippen LogP contribution < -0.4 is 0 Å². The zero-order valence-corrected chi connectivity index (χ0v) is 15.3. The molecule has 1 fully saturated rings. The number of ketones is 1. The molecule has 0 spiro atoms. The number of carbonyl (C=O) groups is 2. The van der Waals surface area contributed by atoms with Crippen LogP contribution in [0.25, 0.3) is 5.76 Å². The highest BCUT2D eigenvalue weighted by atomic mass is 16.6. The molecule has 30 heavy (non-hydrogen) atoms. The fourth-order valence-electron chi connectivity index (χ4n) is 3.24. The quantitative estimate of drug-likeness (QED) is 0.238. The van der Waals surface area contributed by atoms with Crippen LogP contribution in [0.3, 0.4) is 0 Å². The van der Waals surface area contributed by atoms with E-state index in [0.29, 0.717) is 5.56 Å². The van der Waals surface area contributed by atoms with E-state index in [2.05, 4.69) is 0 Å². The first-order chi connectivity index (χ1) is 14.3. The van der Waals surface area contributed by atoms with E-state index in [1.165, 1.54) is 36.4 Å². The molecule has 154 valence electrons. The van der Waals surface area contributed by atoms with Gasteiger partial charge in [-0.1, -0.05) is 0 Å². The number of likely N-dealkylation sites (tertiary alicyclic amines) is 1. The van der Waals surface area contributed by atoms with Crippen LogP contribution in [0.5, 0.6) is 0 Å². The van der Waals surface area contributed by atoms with Crippen LogP contribution in [0.2, 0.25) is 0 Å². The van der Waals surface area contributed by atoms with Crippen molar-refractivity contribution in [1.29, 1.82) is 0 Å². The Bertz CT molecular complexity index is 1060. The standard InChI is InChI=1S/C19H15N3O8/c23-10-9-20-16(11-1-5-13(6-2-11)21(27)28)15(18(25)19(20)26)17(24)12-3-7-14(8-4-12)22(29)30/h1-8,16,23-24H,9-10H2/t16-/m0/s1. The van der Waals surface area contributed by atoms with Crippen LogP contribution in [0.1, 0.15) is 17.2 Å². The second kappa shape index (κ2) is 8.09. The number of non-ortho nitro benzene ring substituents is 2. The molecule has 0 bridgehead atoms. The van der Waals surface area contributed by atoms with Crippen molar-refractivity contribution in [2.24, 2.45) is 0 Å². The summed E-state index contributed by atoms with van der Waals surface area (Å²) in [6, 6.07) is 8.75. The number of aliphatic hydroxyl groups excluding tert-OH is 2. The molecule has 1 saturated heterocycles. The molecular formula is C19H15N3O8. The first-order valence-electron chi connectivity index (χ1n) is 8.64. The number of nitro groups is 2. The molecule has 2 aromatic carbocycles. The molecule has 2 N–H and O–H groups in total. The summed E-state index contributed by atoms with van der Waals surface area (Å²) in [6.07, 6.45) is 0. The number of benzene rings is 2. The van der Waals surface area contributed by atoms with E-state index in [9.17, 15) is 40.0 Å². The molecule has 11 nitrogen and oxygen atoms in total. The molecule has 2 aromatic rings. The third-order valence-corrected chi connectivity index (χ3v) is 4.65. The van der Waals surface area contributed by atoms with Crippen LogP contribution in [0, 0.1) is 20.2 Å². The fraction of sp³-hybridized carbons (Fsp3) is 0.158. The maximum absolute atomic E-state index is 12.6. The van der Waals surface area contributed by atoms with Crippen LogP contribution in [0.15, 0.2) is 54.1 Å². The molecule has 1 amide bonds. The van der Waals surface area contributed by atoms with Crippen LogP contribution >= 0.6 is 0 Å². The first-order valence-corrected chi connectivity index (χ1v) is 8.64. The molecule has 11 heteroatoms. The monoisotopic (exact) mass is 413 g/mol. The molecule has 0 aliphatic carbocycles. The maximum atomic E-state index is 12.6. The topological polar surface area (TPSA) is 164 Å². The van der Waals surface area contributed by atoms with Crippen LogP contribution in [-0.4, -0.2) is 49.8 Å². The molecule has 1 heterocycles. The highest BCUT2D eigenvalue weighted by Crippen LogP contribution is 2.39. The van der Waals surface area contributed by atoms with Gasteiger partial charge in [0, 0.05) is 36.4 Å². The number of nitrogens with zero attached hydrogens (tertiary/aromatic N) is 3. The second-order valence-electron chi connectivity index (χ2n) is 6.37. The van der Waals surface area contributed by atoms with Gasteiger partial charge >= 0.3 is 0 Å². The number of β-amino-alcohol motifs (C(OH)–C–C–N with tert-alkyl or cyclic N) is 1. The van der Waals surface area contributed by atoms with Gasteiger partial charge < -0.3 is 15.1 Å². The number of Topliss-reactive ketones (excluding diaryl/α,β-unsaturated/α-hetero) is 1. The van der Waals surface area contributed by atoms with Crippen molar-refractivity contribution in [3.05, 3.63) is 85.5 Å². The predicted octanol–water partition coefficient (Wildman–Crippen LogP) is 1.92. The van der Waals surface area contributed by atoms with Gasteiger partial charge in [0.15, 0.2) is 0 Å². The molecule has 0 radical (unpaired) electrons. The Morgan fingerprint density at radius 1 is 0.933 bits per heavy atom. The molecular weight excluding hydrogens is 398 g/mol. The Labute approximate surface area is 168 Å². The summed E-state index contributed by atoms with van der Waals surface area (Å²) in [5, 5.41) is 41.7. The van der Waals surface area contributed by atoms with Crippen molar-refractivity contribution in [3.8, 4) is 0 Å². The molecule has 0 unspecified atom stereocenters. The maximum Gasteiger partial charge on any atom is 0.295 e. The number of amides is 1. The lowest BCUT2D eigenvalue weighted by molar-refractivity contribution is -0.385. The van der Waals surface area contributed by atoms with E-state index >= 15 is 0 Å². The lowest BCUT2D eigenvalue weighted by Crippen LogP contribution is -2.32. The Morgan fingerprint density at radius 3 is 1.90 bits per heavy atom. The van der Waals surface area contributed by atoms with Crippen molar-refractivity contribution in [2.75, 3.05) is 13.2 Å². The smallest absolute Gasteiger partial charge is 0.295 e. The van der Waals surface area contributed by atoms with Gasteiger partial charge in [0.05, 0.1) is 28.1 Å². The van der Waals surface area contributed by atoms with Crippen molar-refractivity contribution >= 4 is 28.8 Å². The minimum absolute atomic E-state index is 0.0783. The Balaban J connectivity index is 2.14. The zero-order valence-electron chi connectivity index (χ0n) is 15.3. The molecule has 0 saturated carbocycles. The lowest BCUT2D eigenvalue weighted by atomic mass is 9.95. The number of carbonyl (C=O) groups excluding carboxylic acids is 2. The average Bonchev–Trinajstić information content (AvgIpc) is 2.98. The molecule has 3 rings (SSSR count). The van der Waals surface area contributed by atoms with E-state index in [-0.39, 0.29) is 29.1 Å². The third kappa shape index (κ3) is 3.61. The second-order valence-corrected chi connectivity index (χ2v) is 6.37. The van der Waals surface area contributed by atoms with Gasteiger partial charge in [-0.25, -0.2) is 0 Å².